The predicted octanol–water partition coefficient (Wildman–Crippen LogP) is 5.76. The van der Waals surface area contributed by atoms with Gasteiger partial charge in [0.15, 0.2) is 0 Å². The zero-order chi connectivity index (χ0) is 15.1. The first-order chi connectivity index (χ1) is 9.68. The fraction of sp³-hybridized carbons (Fsp3) is 0.882. The van der Waals surface area contributed by atoms with Gasteiger partial charge in [-0.15, -0.1) is 0 Å². The van der Waals surface area contributed by atoms with Gasteiger partial charge < -0.3 is 8.85 Å². The Hall–Kier alpha value is -0.123. The third kappa shape index (κ3) is 11.7. The van der Waals surface area contributed by atoms with E-state index in [1.807, 2.05) is 13.8 Å². The van der Waals surface area contributed by atoms with Crippen molar-refractivity contribution in [3.63, 3.8) is 0 Å². The summed E-state index contributed by atoms with van der Waals surface area (Å²) in [5, 5.41) is 0. The lowest BCUT2D eigenvalue weighted by Gasteiger charge is -2.22. The molecule has 0 aliphatic heterocycles. The molecule has 0 fully saturated rings. The highest BCUT2D eigenvalue weighted by atomic mass is 28.4. The van der Waals surface area contributed by atoms with E-state index >= 15 is 0 Å². The first kappa shape index (κ1) is 19.9. The molecule has 2 nitrogen and oxygen atoms in total. The molecule has 0 aliphatic carbocycles. The zero-order valence-electron chi connectivity index (χ0n) is 14.2. The number of hydrogen-bond acceptors (Lipinski definition) is 2. The van der Waals surface area contributed by atoms with Crippen LogP contribution < -0.4 is 0 Å². The van der Waals surface area contributed by atoms with Crippen LogP contribution in [0.5, 0.6) is 0 Å². The van der Waals surface area contributed by atoms with Crippen LogP contribution in [-0.4, -0.2) is 21.8 Å². The molecule has 0 amide bonds. The highest BCUT2D eigenvalue weighted by Gasteiger charge is 2.26. The molecular weight excluding hydrogens is 264 g/mol. The van der Waals surface area contributed by atoms with E-state index in [9.17, 15) is 0 Å². The van der Waals surface area contributed by atoms with E-state index in [-0.39, 0.29) is 0 Å². The minimum atomic E-state index is -2.02. The van der Waals surface area contributed by atoms with Crippen LogP contribution in [0.4, 0.5) is 0 Å². The first-order valence-corrected chi connectivity index (χ1v) is 11.0. The normalized spacial score (nSPS) is 12.4. The van der Waals surface area contributed by atoms with Crippen LogP contribution in [0, 0.1) is 0 Å². The van der Waals surface area contributed by atoms with Crippen LogP contribution >= 0.6 is 0 Å². The summed E-state index contributed by atoms with van der Waals surface area (Å²) >= 11 is 0. The molecule has 0 unspecified atom stereocenters. The average Bonchev–Trinajstić information content (AvgIpc) is 2.41. The molecule has 120 valence electrons. The summed E-state index contributed by atoms with van der Waals surface area (Å²) in [6, 6.07) is 0. The second-order valence-electron chi connectivity index (χ2n) is 5.55. The minimum absolute atomic E-state index is 0.741. The minimum Gasteiger partial charge on any atom is -0.392 e. The lowest BCUT2D eigenvalue weighted by molar-refractivity contribution is 0.201. The van der Waals surface area contributed by atoms with Crippen molar-refractivity contribution in [2.24, 2.45) is 0 Å². The topological polar surface area (TPSA) is 18.5 Å². The van der Waals surface area contributed by atoms with Gasteiger partial charge in [-0.2, -0.15) is 0 Å². The van der Waals surface area contributed by atoms with Gasteiger partial charge >= 0.3 is 8.56 Å². The molecule has 20 heavy (non-hydrogen) atoms. The Labute approximate surface area is 128 Å². The van der Waals surface area contributed by atoms with Crippen LogP contribution in [-0.2, 0) is 8.85 Å². The fourth-order valence-electron chi connectivity index (χ4n) is 2.40. The van der Waals surface area contributed by atoms with Crippen molar-refractivity contribution in [1.82, 2.24) is 0 Å². The van der Waals surface area contributed by atoms with E-state index in [2.05, 4.69) is 25.2 Å². The van der Waals surface area contributed by atoms with Crippen LogP contribution in [0.25, 0.3) is 0 Å². The maximum Gasteiger partial charge on any atom is 0.361 e. The molecule has 0 atom stereocenters. The summed E-state index contributed by atoms with van der Waals surface area (Å²) in [6.07, 6.45) is 14.5. The Balaban J connectivity index is 3.58. The fourth-order valence-corrected chi connectivity index (χ4v) is 4.42. The standard InChI is InChI=1S/C17H36O2Si/c1-5-8-9-10-11-12-13-14-15-16-17-20(4,18-6-2)19-7-3/h16-17H,5-15H2,1-4H3/b17-16+. The highest BCUT2D eigenvalue weighted by Crippen LogP contribution is 2.12. The third-order valence-electron chi connectivity index (χ3n) is 3.51. The maximum atomic E-state index is 5.78. The van der Waals surface area contributed by atoms with Crippen molar-refractivity contribution in [2.75, 3.05) is 13.2 Å². The summed E-state index contributed by atoms with van der Waals surface area (Å²) in [5.41, 5.74) is 2.21. The lowest BCUT2D eigenvalue weighted by atomic mass is 10.1. The Morgan fingerprint density at radius 2 is 1.25 bits per heavy atom. The molecule has 0 heterocycles. The zero-order valence-corrected chi connectivity index (χ0v) is 15.2. The van der Waals surface area contributed by atoms with Crippen LogP contribution in [0.3, 0.4) is 0 Å². The van der Waals surface area contributed by atoms with Gasteiger partial charge in [0.25, 0.3) is 0 Å². The Kier molecular flexibility index (Phi) is 13.8. The van der Waals surface area contributed by atoms with Gasteiger partial charge in [-0.05, 0) is 38.9 Å². The van der Waals surface area contributed by atoms with Crippen LogP contribution in [0.2, 0.25) is 6.55 Å². The summed E-state index contributed by atoms with van der Waals surface area (Å²) in [7, 11) is -2.02. The Morgan fingerprint density at radius 3 is 1.75 bits per heavy atom. The van der Waals surface area contributed by atoms with Gasteiger partial charge in [-0.1, -0.05) is 57.9 Å². The number of allylic oxidation sites excluding steroid dienone is 1. The van der Waals surface area contributed by atoms with Crippen LogP contribution in [0.1, 0.15) is 78.6 Å². The number of unbranched alkanes of at least 4 members (excludes halogenated alkanes) is 8. The maximum absolute atomic E-state index is 5.78. The van der Waals surface area contributed by atoms with Gasteiger partial charge in [0.2, 0.25) is 0 Å². The predicted molar refractivity (Wildman–Crippen MR) is 91.2 cm³/mol. The van der Waals surface area contributed by atoms with E-state index in [4.69, 9.17) is 8.85 Å². The molecule has 3 heteroatoms. The van der Waals surface area contributed by atoms with Crippen molar-refractivity contribution in [2.45, 2.75) is 85.1 Å². The summed E-state index contributed by atoms with van der Waals surface area (Å²) in [4.78, 5) is 0. The molecule has 0 saturated heterocycles. The summed E-state index contributed by atoms with van der Waals surface area (Å²) in [5.74, 6) is 0. The highest BCUT2D eigenvalue weighted by molar-refractivity contribution is 6.71. The van der Waals surface area contributed by atoms with Gasteiger partial charge in [0.05, 0.1) is 0 Å². The SMILES string of the molecule is CCCCCCCCCC/C=C/[Si](C)(OCC)OCC. The molecule has 0 saturated carbocycles. The molecule has 0 aromatic carbocycles. The van der Waals surface area contributed by atoms with Gasteiger partial charge in [-0.25, -0.2) is 0 Å². The van der Waals surface area contributed by atoms with E-state index in [0.717, 1.165) is 19.6 Å². The molecule has 0 bridgehead atoms. The molecule has 0 rings (SSSR count). The second kappa shape index (κ2) is 13.8. The van der Waals surface area contributed by atoms with E-state index in [0.29, 0.717) is 0 Å². The monoisotopic (exact) mass is 300 g/mol. The third-order valence-corrected chi connectivity index (χ3v) is 6.07. The molecule has 0 aliphatic rings. The largest absolute Gasteiger partial charge is 0.392 e. The molecular formula is C17H36O2Si. The Bertz CT molecular complexity index is 223. The average molecular weight is 301 g/mol. The second-order valence-corrected chi connectivity index (χ2v) is 8.49. The van der Waals surface area contributed by atoms with E-state index in [1.165, 1.54) is 51.4 Å². The molecule has 0 N–H and O–H groups in total. The van der Waals surface area contributed by atoms with Crippen molar-refractivity contribution >= 4 is 8.56 Å². The first-order valence-electron chi connectivity index (χ1n) is 8.64. The molecule has 0 aromatic rings. The van der Waals surface area contributed by atoms with Crippen molar-refractivity contribution in [1.29, 1.82) is 0 Å². The quantitative estimate of drug-likeness (QED) is 0.300. The van der Waals surface area contributed by atoms with Crippen molar-refractivity contribution in [3.8, 4) is 0 Å². The van der Waals surface area contributed by atoms with Crippen molar-refractivity contribution < 1.29 is 8.85 Å². The Morgan fingerprint density at radius 1 is 0.750 bits per heavy atom. The lowest BCUT2D eigenvalue weighted by Crippen LogP contribution is -2.36. The van der Waals surface area contributed by atoms with Crippen molar-refractivity contribution in [3.05, 3.63) is 11.8 Å². The van der Waals surface area contributed by atoms with Gasteiger partial charge in [0.1, 0.15) is 0 Å². The summed E-state index contributed by atoms with van der Waals surface area (Å²) in [6.45, 7) is 9.96. The van der Waals surface area contributed by atoms with Gasteiger partial charge in [0, 0.05) is 13.2 Å². The molecule has 0 aromatic heterocycles. The smallest absolute Gasteiger partial charge is 0.361 e. The molecule has 0 radical (unpaired) electrons. The number of rotatable bonds is 14. The van der Waals surface area contributed by atoms with E-state index < -0.39 is 8.56 Å². The van der Waals surface area contributed by atoms with Gasteiger partial charge in [-0.3, -0.25) is 0 Å². The number of hydrogen-bond donors (Lipinski definition) is 0. The van der Waals surface area contributed by atoms with Crippen LogP contribution in [0.15, 0.2) is 11.8 Å². The molecule has 0 spiro atoms. The van der Waals surface area contributed by atoms with E-state index in [1.54, 1.807) is 0 Å². The summed E-state index contributed by atoms with van der Waals surface area (Å²) < 4.78 is 11.6.